The van der Waals surface area contributed by atoms with Crippen molar-refractivity contribution in [2.75, 3.05) is 0 Å². The summed E-state index contributed by atoms with van der Waals surface area (Å²) in [4.78, 5) is 9.51. The number of rotatable bonds is 4. The summed E-state index contributed by atoms with van der Waals surface area (Å²) in [5.74, 6) is 1.03. The number of imidazole rings is 2. The van der Waals surface area contributed by atoms with E-state index in [1.165, 1.54) is 237 Å². The molecule has 0 saturated carbocycles. The number of nitrogens with zero attached hydrogens (tertiary/aromatic N) is 17. The van der Waals surface area contributed by atoms with Gasteiger partial charge in [0.1, 0.15) is 27.9 Å². The van der Waals surface area contributed by atoms with E-state index < -0.39 is 0 Å². The van der Waals surface area contributed by atoms with Crippen molar-refractivity contribution in [1.29, 1.82) is 0 Å². The van der Waals surface area contributed by atoms with Gasteiger partial charge in [-0.25, -0.2) is 14.1 Å². The third-order valence-corrected chi connectivity index (χ3v) is 29.7. The highest BCUT2D eigenvalue weighted by Gasteiger charge is 2.36. The maximum absolute atomic E-state index is 4.88. The lowest BCUT2D eigenvalue weighted by molar-refractivity contribution is -0.677. The summed E-state index contributed by atoms with van der Waals surface area (Å²) in [5, 5.41) is 19.6. The van der Waals surface area contributed by atoms with E-state index in [1.807, 2.05) is 12.5 Å². The van der Waals surface area contributed by atoms with Crippen LogP contribution in [0.4, 0.5) is 0 Å². The van der Waals surface area contributed by atoms with E-state index in [-0.39, 0.29) is 0 Å². The van der Waals surface area contributed by atoms with Crippen molar-refractivity contribution in [3.8, 4) is 51.1 Å². The summed E-state index contributed by atoms with van der Waals surface area (Å²) in [5.41, 5.74) is 36.5. The molecule has 29 aromatic rings. The molecule has 0 N–H and O–H groups in total. The molecule has 0 aliphatic carbocycles. The minimum Gasteiger partial charge on any atom is -0.308 e. The quantitative estimate of drug-likeness (QED) is 0.130. The fraction of sp³-hybridized carbons (Fsp3) is 0.0583. The summed E-state index contributed by atoms with van der Waals surface area (Å²) < 4.78 is 35.6. The Kier molecular flexibility index (Phi) is 15.8. The molecular weight excluding hydrogens is 1680 g/mol. The molecule has 0 amide bonds. The molecule has 0 unspecified atom stereocenters. The second-order valence-corrected chi connectivity index (χ2v) is 37.0. The van der Waals surface area contributed by atoms with Crippen LogP contribution in [0.15, 0.2) is 414 Å². The summed E-state index contributed by atoms with van der Waals surface area (Å²) in [6, 6.07) is 129. The van der Waals surface area contributed by atoms with Gasteiger partial charge in [0.25, 0.3) is 12.0 Å². The molecule has 0 saturated heterocycles. The topological polar surface area (TPSA) is 94.5 Å². The zero-order valence-electron chi connectivity index (χ0n) is 74.9. The first-order chi connectivity index (χ1) is 67.9. The molecule has 5 aliphatic heterocycles. The Morgan fingerprint density at radius 1 is 0.263 bits per heavy atom. The molecule has 0 fully saturated rings. The van der Waals surface area contributed by atoms with Gasteiger partial charge in [-0.15, -0.1) is 0 Å². The van der Waals surface area contributed by atoms with Crippen LogP contribution in [0.5, 0.6) is 0 Å². The van der Waals surface area contributed by atoms with Crippen LogP contribution in [0.1, 0.15) is 11.3 Å². The number of fused-ring (bicyclic) bond motifs is 14. The van der Waals surface area contributed by atoms with E-state index in [0.717, 1.165) is 44.7 Å². The number of benzene rings is 14. The number of para-hydroxylation sites is 7. The Labute approximate surface area is 782 Å². The monoisotopic (exact) mass is 1760 g/mol. The van der Waals surface area contributed by atoms with Gasteiger partial charge < -0.3 is 22.8 Å². The first kappa shape index (κ1) is 75.6. The van der Waals surface area contributed by atoms with Gasteiger partial charge in [-0.3, -0.25) is 18.3 Å². The van der Waals surface area contributed by atoms with E-state index in [4.69, 9.17) is 4.98 Å². The average Bonchev–Trinajstić information content (AvgIpc) is 1.50. The molecule has 0 radical (unpaired) electrons. The van der Waals surface area contributed by atoms with Crippen LogP contribution >= 0.6 is 0 Å². The van der Waals surface area contributed by atoms with Crippen molar-refractivity contribution in [3.05, 3.63) is 425 Å². The smallest absolute Gasteiger partial charge is 0.296 e. The standard InChI is InChI=1S/C27H17N4.2C24H16N3.C24H20N3.C21H15N4/c1-2-7-17(8-3-1)31-21-13-12-19-18-9-4-5-10-20(18)25-27-23(19)24(21)26-22(31)11-6-14-29(26)16-30(27)15-28-25;1-3-11-20-16(7-1)18-9-5-13-22-23(18)26(20)15-25-14-6-10-19-17-8-2-4-12-21(17)27(22)24(19)25;1-2-5-18(6-3-1)27-19-11-10-16-8-9-17-12-14-26-15-25-13-4-7-20(27)24(25)22(19)21(16)23(17)26;1-16-14-17(2)26-15-25-13-7-12-21-24(25)22-19(23(16)26)10-6-11-20(22)27(21)18-8-4-3-5-9-18;1-2-6-15(7-3-1)25-17-9-4-8-16-19(17)20-18(25)10-5-12-23(20)14-24-13-11-22-21(16)24/h1-15H,16H2;2*1-14H,15H2;3-14H,15H2,1-2H3;1-13H,14H2/q5*+1. The van der Waals surface area contributed by atoms with Crippen molar-refractivity contribution in [3.63, 3.8) is 0 Å². The number of pyridine rings is 5. The first-order valence-corrected chi connectivity index (χ1v) is 47.1. The molecule has 137 heavy (non-hydrogen) atoms. The maximum atomic E-state index is 4.88. The van der Waals surface area contributed by atoms with Crippen LogP contribution < -0.4 is 22.8 Å². The van der Waals surface area contributed by atoms with Crippen molar-refractivity contribution >= 4 is 186 Å². The summed E-state index contributed by atoms with van der Waals surface area (Å²) in [7, 11) is 0. The third kappa shape index (κ3) is 10.6. The predicted molar refractivity (Wildman–Crippen MR) is 550 cm³/mol. The van der Waals surface area contributed by atoms with Gasteiger partial charge in [0, 0.05) is 120 Å². The van der Waals surface area contributed by atoms with Gasteiger partial charge in [-0.1, -0.05) is 176 Å². The third-order valence-electron chi connectivity index (χ3n) is 29.7. The Morgan fingerprint density at radius 2 is 0.745 bits per heavy atom. The molecule has 17 nitrogen and oxygen atoms in total. The van der Waals surface area contributed by atoms with Gasteiger partial charge in [-0.2, -0.15) is 18.3 Å². The van der Waals surface area contributed by atoms with Crippen LogP contribution in [0.3, 0.4) is 0 Å². The lowest BCUT2D eigenvalue weighted by Gasteiger charge is -2.11. The molecule has 0 atom stereocenters. The highest BCUT2D eigenvalue weighted by Crippen LogP contribution is 2.48. The van der Waals surface area contributed by atoms with Crippen LogP contribution in [-0.4, -0.2) is 55.6 Å². The Morgan fingerprint density at radius 3 is 1.42 bits per heavy atom. The van der Waals surface area contributed by atoms with Gasteiger partial charge in [0.15, 0.2) is 43.1 Å². The fourth-order valence-electron chi connectivity index (χ4n) is 24.3. The van der Waals surface area contributed by atoms with Crippen molar-refractivity contribution in [2.24, 2.45) is 0 Å². The summed E-state index contributed by atoms with van der Waals surface area (Å²) in [6.07, 6.45) is 19.1. The van der Waals surface area contributed by atoms with Gasteiger partial charge in [-0.05, 0) is 204 Å². The van der Waals surface area contributed by atoms with Crippen LogP contribution in [0, 0.1) is 13.8 Å². The number of aromatic nitrogens is 17. The predicted octanol–water partition coefficient (Wildman–Crippen LogP) is 24.3. The van der Waals surface area contributed by atoms with E-state index in [2.05, 4.69) is 489 Å². The molecule has 14 aromatic carbocycles. The zero-order chi connectivity index (χ0) is 89.7. The van der Waals surface area contributed by atoms with Crippen molar-refractivity contribution in [1.82, 2.24) is 55.6 Å². The minimum absolute atomic E-state index is 0.754. The van der Waals surface area contributed by atoms with E-state index >= 15 is 0 Å². The maximum Gasteiger partial charge on any atom is 0.296 e. The van der Waals surface area contributed by atoms with Crippen molar-refractivity contribution < 1.29 is 22.8 Å². The summed E-state index contributed by atoms with van der Waals surface area (Å²) >= 11 is 0. The highest BCUT2D eigenvalue weighted by molar-refractivity contribution is 6.34. The van der Waals surface area contributed by atoms with Crippen LogP contribution in [0.2, 0.25) is 0 Å². The molecule has 5 aliphatic rings. The Hall–Kier alpha value is -18.1. The zero-order valence-corrected chi connectivity index (χ0v) is 74.9. The fourth-order valence-corrected chi connectivity index (χ4v) is 24.3. The lowest BCUT2D eigenvalue weighted by Crippen LogP contribution is -2.37. The molecule has 15 aromatic heterocycles. The first-order valence-electron chi connectivity index (χ1n) is 47.1. The van der Waals surface area contributed by atoms with E-state index in [0.29, 0.717) is 0 Å². The van der Waals surface area contributed by atoms with Crippen LogP contribution in [-0.2, 0) is 33.3 Å². The number of aryl methyl sites for hydroxylation is 2. The van der Waals surface area contributed by atoms with Gasteiger partial charge in [0.05, 0.1) is 88.5 Å². The number of hydrogen-bond acceptors (Lipinski definition) is 2. The molecular formula is C120H84N17+5. The average molecular weight is 1760 g/mol. The molecule has 644 valence electrons. The lowest BCUT2D eigenvalue weighted by atomic mass is 9.97. The molecule has 0 bridgehead atoms. The van der Waals surface area contributed by atoms with Gasteiger partial charge >= 0.3 is 0 Å². The molecule has 34 rings (SSSR count). The SMILES string of the molecule is Cc1cc(C)n2c1-c1cccc3c1c1c(ccc[n+]1C2)n3-c1ccccc1.c1ccc(-n2c3ccc4c5ccccc5c5nc[n+]6c5c4c3c3c2cccn3C6)cc1.c1ccc(-n2c3ccc4ccc5cc[n+]6c5c4c3c3c2cccn3C6)cc1.c1ccc(-n2c3cccc4c3c3c2ccc[n+]3Cn2ccnc2-4)cc1.c1ccc2c(c1)c1cccc3c1n2C[n+]1cccc2c4ccccc4n-3c21. The summed E-state index contributed by atoms with van der Waals surface area (Å²) in [6.45, 7) is 8.45. The minimum atomic E-state index is 0.754. The molecule has 0 spiro atoms. The normalized spacial score (nSPS) is 12.9. The highest BCUT2D eigenvalue weighted by atomic mass is 15.3. The number of hydrogen-bond donors (Lipinski definition) is 0. The second kappa shape index (κ2) is 28.7. The molecule has 17 heteroatoms. The second-order valence-electron chi connectivity index (χ2n) is 37.0. The largest absolute Gasteiger partial charge is 0.308 e. The van der Waals surface area contributed by atoms with E-state index in [1.54, 1.807) is 0 Å². The van der Waals surface area contributed by atoms with Gasteiger partial charge in [0.2, 0.25) is 42.1 Å². The molecule has 20 heterocycles. The Bertz CT molecular complexity index is 10300. The van der Waals surface area contributed by atoms with Crippen LogP contribution in [0.25, 0.3) is 237 Å². The van der Waals surface area contributed by atoms with E-state index in [9.17, 15) is 0 Å². The Balaban J connectivity index is 0.0000000812. The van der Waals surface area contributed by atoms with Crippen molar-refractivity contribution in [2.45, 2.75) is 47.2 Å².